The summed E-state index contributed by atoms with van der Waals surface area (Å²) in [6.07, 6.45) is 0.786. The molecular formula is C13H16O3. The van der Waals surface area contributed by atoms with Crippen LogP contribution in [0, 0.1) is 5.92 Å². The second-order valence-corrected chi connectivity index (χ2v) is 3.82. The number of rotatable bonds is 5. The Bertz CT molecular complexity index is 357. The van der Waals surface area contributed by atoms with Gasteiger partial charge in [0, 0.05) is 6.42 Å². The number of ketones is 1. The molecule has 1 unspecified atom stereocenters. The van der Waals surface area contributed by atoms with Gasteiger partial charge in [-0.3, -0.25) is 4.79 Å². The Kier molecular flexibility index (Phi) is 4.70. The van der Waals surface area contributed by atoms with Gasteiger partial charge >= 0.3 is 5.97 Å². The van der Waals surface area contributed by atoms with Crippen molar-refractivity contribution in [2.75, 3.05) is 7.11 Å². The summed E-state index contributed by atoms with van der Waals surface area (Å²) in [5, 5.41) is 0. The molecule has 3 heteroatoms. The number of Topliss-reactive ketones (excluding diaryl/α,β-unsaturated/α-hetero) is 1. The minimum absolute atomic E-state index is 0.00586. The Labute approximate surface area is 95.4 Å². The Hall–Kier alpha value is -1.64. The van der Waals surface area contributed by atoms with Crippen molar-refractivity contribution in [3.8, 4) is 0 Å². The van der Waals surface area contributed by atoms with E-state index in [4.69, 9.17) is 4.74 Å². The molecule has 1 aromatic carbocycles. The van der Waals surface area contributed by atoms with Crippen LogP contribution in [0.2, 0.25) is 0 Å². The number of ether oxygens (including phenoxy) is 1. The Balaban J connectivity index is 2.70. The quantitative estimate of drug-likeness (QED) is 0.713. The van der Waals surface area contributed by atoms with E-state index < -0.39 is 0 Å². The van der Waals surface area contributed by atoms with Gasteiger partial charge in [0.1, 0.15) is 5.78 Å². The highest BCUT2D eigenvalue weighted by atomic mass is 16.5. The van der Waals surface area contributed by atoms with Crippen LogP contribution in [0.1, 0.15) is 18.9 Å². The fourth-order valence-electron chi connectivity index (χ4n) is 1.65. The third-order valence-electron chi connectivity index (χ3n) is 2.39. The van der Waals surface area contributed by atoms with Crippen molar-refractivity contribution >= 4 is 11.8 Å². The van der Waals surface area contributed by atoms with Gasteiger partial charge in [-0.2, -0.15) is 0 Å². The molecule has 0 aliphatic rings. The molecule has 0 radical (unpaired) electrons. The fraction of sp³-hybridized carbons (Fsp3) is 0.385. The van der Waals surface area contributed by atoms with Gasteiger partial charge in [0.25, 0.3) is 0 Å². The molecule has 1 aromatic rings. The summed E-state index contributed by atoms with van der Waals surface area (Å²) < 4.78 is 4.69. The standard InChI is InChI=1S/C13H16O3/c1-10(14)8-12(13(15)16-2)9-11-6-4-3-5-7-11/h3-7,12H,8-9H2,1-2H3. The second kappa shape index (κ2) is 6.05. The largest absolute Gasteiger partial charge is 0.469 e. The van der Waals surface area contributed by atoms with Crippen LogP contribution >= 0.6 is 0 Å². The van der Waals surface area contributed by atoms with Crippen LogP contribution in [0.3, 0.4) is 0 Å². The van der Waals surface area contributed by atoms with Crippen molar-refractivity contribution < 1.29 is 14.3 Å². The molecule has 16 heavy (non-hydrogen) atoms. The lowest BCUT2D eigenvalue weighted by Gasteiger charge is -2.12. The average molecular weight is 220 g/mol. The molecule has 0 aliphatic heterocycles. The van der Waals surface area contributed by atoms with E-state index in [1.54, 1.807) is 0 Å². The molecule has 0 bridgehead atoms. The summed E-state index contributed by atoms with van der Waals surface area (Å²) in [5.41, 5.74) is 1.04. The molecule has 1 atom stereocenters. The molecule has 86 valence electrons. The van der Waals surface area contributed by atoms with Crippen molar-refractivity contribution in [1.82, 2.24) is 0 Å². The summed E-state index contributed by atoms with van der Waals surface area (Å²) >= 11 is 0. The monoisotopic (exact) mass is 220 g/mol. The van der Waals surface area contributed by atoms with Gasteiger partial charge in [0.05, 0.1) is 13.0 Å². The average Bonchev–Trinajstić information content (AvgIpc) is 2.28. The molecule has 1 rings (SSSR count). The number of benzene rings is 1. The zero-order valence-electron chi connectivity index (χ0n) is 9.60. The van der Waals surface area contributed by atoms with Crippen LogP contribution < -0.4 is 0 Å². The third kappa shape index (κ3) is 3.85. The third-order valence-corrected chi connectivity index (χ3v) is 2.39. The van der Waals surface area contributed by atoms with E-state index in [2.05, 4.69) is 0 Å². The molecular weight excluding hydrogens is 204 g/mol. The van der Waals surface area contributed by atoms with Gasteiger partial charge < -0.3 is 9.53 Å². The van der Waals surface area contributed by atoms with Crippen molar-refractivity contribution in [3.05, 3.63) is 35.9 Å². The van der Waals surface area contributed by atoms with Crippen LogP contribution in [0.5, 0.6) is 0 Å². The Morgan fingerprint density at radius 3 is 2.38 bits per heavy atom. The Morgan fingerprint density at radius 1 is 1.25 bits per heavy atom. The van der Waals surface area contributed by atoms with Crippen LogP contribution in [0.25, 0.3) is 0 Å². The first-order chi connectivity index (χ1) is 7.63. The molecule has 0 heterocycles. The molecule has 0 fully saturated rings. The molecule has 0 aromatic heterocycles. The van der Waals surface area contributed by atoms with E-state index in [9.17, 15) is 9.59 Å². The first-order valence-electron chi connectivity index (χ1n) is 5.24. The lowest BCUT2D eigenvalue weighted by molar-refractivity contribution is -0.147. The van der Waals surface area contributed by atoms with Crippen molar-refractivity contribution in [2.24, 2.45) is 5.92 Å². The van der Waals surface area contributed by atoms with Crippen molar-refractivity contribution in [2.45, 2.75) is 19.8 Å². The smallest absolute Gasteiger partial charge is 0.309 e. The maximum Gasteiger partial charge on any atom is 0.309 e. The van der Waals surface area contributed by atoms with E-state index in [0.29, 0.717) is 6.42 Å². The number of hydrogen-bond donors (Lipinski definition) is 0. The predicted molar refractivity (Wildman–Crippen MR) is 61.0 cm³/mol. The highest BCUT2D eigenvalue weighted by molar-refractivity contribution is 5.82. The van der Waals surface area contributed by atoms with Crippen molar-refractivity contribution in [1.29, 1.82) is 0 Å². The number of carbonyl (C=O) groups is 2. The van der Waals surface area contributed by atoms with Gasteiger partial charge in [-0.05, 0) is 18.9 Å². The summed E-state index contributed by atoms with van der Waals surface area (Å²) in [7, 11) is 1.35. The topological polar surface area (TPSA) is 43.4 Å². The summed E-state index contributed by atoms with van der Waals surface area (Å²) in [6.45, 7) is 1.49. The Morgan fingerprint density at radius 2 is 1.88 bits per heavy atom. The maximum absolute atomic E-state index is 11.5. The normalized spacial score (nSPS) is 11.9. The van der Waals surface area contributed by atoms with Crippen LogP contribution in [-0.2, 0) is 20.7 Å². The lowest BCUT2D eigenvalue weighted by Crippen LogP contribution is -2.21. The molecule has 0 N–H and O–H groups in total. The van der Waals surface area contributed by atoms with Gasteiger partial charge in [-0.25, -0.2) is 0 Å². The number of hydrogen-bond acceptors (Lipinski definition) is 3. The fourth-order valence-corrected chi connectivity index (χ4v) is 1.65. The van der Waals surface area contributed by atoms with E-state index in [-0.39, 0.29) is 24.1 Å². The first kappa shape index (κ1) is 12.4. The molecule has 0 saturated carbocycles. The van der Waals surface area contributed by atoms with Gasteiger partial charge in [0.2, 0.25) is 0 Å². The lowest BCUT2D eigenvalue weighted by atomic mass is 9.95. The van der Waals surface area contributed by atoms with Crippen LogP contribution in [0.4, 0.5) is 0 Å². The first-order valence-corrected chi connectivity index (χ1v) is 5.24. The van der Waals surface area contributed by atoms with Crippen molar-refractivity contribution in [3.63, 3.8) is 0 Å². The van der Waals surface area contributed by atoms with Gasteiger partial charge in [0.15, 0.2) is 0 Å². The summed E-state index contributed by atoms with van der Waals surface area (Å²) in [5.74, 6) is -0.685. The summed E-state index contributed by atoms with van der Waals surface area (Å²) in [6, 6.07) is 9.63. The molecule has 0 amide bonds. The number of methoxy groups -OCH3 is 1. The van der Waals surface area contributed by atoms with Crippen LogP contribution in [0.15, 0.2) is 30.3 Å². The zero-order chi connectivity index (χ0) is 12.0. The second-order valence-electron chi connectivity index (χ2n) is 3.82. The minimum atomic E-state index is -0.370. The van der Waals surface area contributed by atoms with Crippen LogP contribution in [-0.4, -0.2) is 18.9 Å². The number of esters is 1. The maximum atomic E-state index is 11.5. The molecule has 0 spiro atoms. The zero-order valence-corrected chi connectivity index (χ0v) is 9.60. The SMILES string of the molecule is COC(=O)C(CC(C)=O)Cc1ccccc1. The highest BCUT2D eigenvalue weighted by Crippen LogP contribution is 2.14. The summed E-state index contributed by atoms with van der Waals surface area (Å²) in [4.78, 5) is 22.5. The minimum Gasteiger partial charge on any atom is -0.469 e. The molecule has 0 aliphatic carbocycles. The molecule has 0 saturated heterocycles. The van der Waals surface area contributed by atoms with E-state index in [1.807, 2.05) is 30.3 Å². The highest BCUT2D eigenvalue weighted by Gasteiger charge is 2.21. The number of carbonyl (C=O) groups excluding carboxylic acids is 2. The van der Waals surface area contributed by atoms with Gasteiger partial charge in [-0.1, -0.05) is 30.3 Å². The van der Waals surface area contributed by atoms with Gasteiger partial charge in [-0.15, -0.1) is 0 Å². The van der Waals surface area contributed by atoms with E-state index >= 15 is 0 Å². The van der Waals surface area contributed by atoms with E-state index in [0.717, 1.165) is 5.56 Å². The predicted octanol–water partition coefficient (Wildman–Crippen LogP) is 2.00. The molecule has 3 nitrogen and oxygen atoms in total. The van der Waals surface area contributed by atoms with E-state index in [1.165, 1.54) is 14.0 Å².